The predicted molar refractivity (Wildman–Crippen MR) is 62.0 cm³/mol. The Morgan fingerprint density at radius 2 is 1.93 bits per heavy atom. The summed E-state index contributed by atoms with van der Waals surface area (Å²) < 4.78 is 0. The Bertz CT molecular complexity index is 242. The highest BCUT2D eigenvalue weighted by atomic mass is 35.5. The fourth-order valence-electron chi connectivity index (χ4n) is 3.05. The number of amides is 1. The number of likely N-dealkylation sites (tertiary alicyclic amines) is 1. The van der Waals surface area contributed by atoms with E-state index in [4.69, 9.17) is 11.6 Å². The van der Waals surface area contributed by atoms with Crippen LogP contribution in [0.4, 0.5) is 0 Å². The van der Waals surface area contributed by atoms with Gasteiger partial charge in [-0.3, -0.25) is 4.79 Å². The highest BCUT2D eigenvalue weighted by molar-refractivity contribution is 6.30. The third kappa shape index (κ3) is 2.47. The van der Waals surface area contributed by atoms with Gasteiger partial charge in [0.2, 0.25) is 5.91 Å². The van der Waals surface area contributed by atoms with E-state index in [1.165, 1.54) is 32.1 Å². The molecular formula is C12H20ClNO. The molecule has 3 unspecified atom stereocenters. The average Bonchev–Trinajstić information content (AvgIpc) is 2.27. The summed E-state index contributed by atoms with van der Waals surface area (Å²) in [5.41, 5.74) is 0. The van der Waals surface area contributed by atoms with Crippen LogP contribution in [0.1, 0.15) is 39.0 Å². The average molecular weight is 230 g/mol. The summed E-state index contributed by atoms with van der Waals surface area (Å²) >= 11 is 5.85. The van der Waals surface area contributed by atoms with Gasteiger partial charge in [0.1, 0.15) is 5.38 Å². The number of rotatable bonds is 1. The molecule has 0 spiro atoms. The first-order chi connectivity index (χ1) is 7.18. The summed E-state index contributed by atoms with van der Waals surface area (Å²) in [7, 11) is 0. The number of alkyl halides is 1. The van der Waals surface area contributed by atoms with Gasteiger partial charge in [0.25, 0.3) is 0 Å². The molecule has 1 aliphatic heterocycles. The van der Waals surface area contributed by atoms with Crippen LogP contribution in [0.2, 0.25) is 0 Å². The molecule has 1 heterocycles. The molecule has 3 atom stereocenters. The van der Waals surface area contributed by atoms with Crippen molar-refractivity contribution in [1.29, 1.82) is 0 Å². The number of fused-ring (bicyclic) bond motifs is 1. The predicted octanol–water partition coefficient (Wildman–Crippen LogP) is 2.65. The van der Waals surface area contributed by atoms with E-state index in [0.717, 1.165) is 24.9 Å². The summed E-state index contributed by atoms with van der Waals surface area (Å²) in [4.78, 5) is 13.7. The van der Waals surface area contributed by atoms with Gasteiger partial charge >= 0.3 is 0 Å². The SMILES string of the molecule is CC(Cl)C(=O)N1CCC2CCCCC2C1. The van der Waals surface area contributed by atoms with Gasteiger partial charge in [-0.25, -0.2) is 0 Å². The number of carbonyl (C=O) groups is 1. The maximum atomic E-state index is 11.8. The molecule has 15 heavy (non-hydrogen) atoms. The van der Waals surface area contributed by atoms with Gasteiger partial charge in [0, 0.05) is 13.1 Å². The molecule has 0 aromatic heterocycles. The van der Waals surface area contributed by atoms with Crippen LogP contribution in [0.3, 0.4) is 0 Å². The van der Waals surface area contributed by atoms with Crippen molar-refractivity contribution in [2.24, 2.45) is 11.8 Å². The lowest BCUT2D eigenvalue weighted by molar-refractivity contribution is -0.133. The molecule has 1 amide bonds. The van der Waals surface area contributed by atoms with Crippen molar-refractivity contribution in [2.45, 2.75) is 44.4 Å². The number of halogens is 1. The van der Waals surface area contributed by atoms with E-state index in [9.17, 15) is 4.79 Å². The molecule has 86 valence electrons. The van der Waals surface area contributed by atoms with E-state index in [0.29, 0.717) is 0 Å². The largest absolute Gasteiger partial charge is 0.341 e. The molecule has 0 radical (unpaired) electrons. The van der Waals surface area contributed by atoms with Crippen molar-refractivity contribution in [3.8, 4) is 0 Å². The zero-order valence-corrected chi connectivity index (χ0v) is 10.2. The first-order valence-corrected chi connectivity index (χ1v) is 6.55. The van der Waals surface area contributed by atoms with E-state index < -0.39 is 0 Å². The lowest BCUT2D eigenvalue weighted by Crippen LogP contribution is -2.46. The van der Waals surface area contributed by atoms with Gasteiger partial charge < -0.3 is 4.90 Å². The first-order valence-electron chi connectivity index (χ1n) is 6.11. The molecule has 0 N–H and O–H groups in total. The third-order valence-corrected chi connectivity index (χ3v) is 4.13. The Morgan fingerprint density at radius 3 is 2.60 bits per heavy atom. The fourth-order valence-corrected chi connectivity index (χ4v) is 3.19. The zero-order valence-electron chi connectivity index (χ0n) is 9.42. The molecule has 0 bridgehead atoms. The topological polar surface area (TPSA) is 20.3 Å². The molecule has 2 nitrogen and oxygen atoms in total. The summed E-state index contributed by atoms with van der Waals surface area (Å²) in [5.74, 6) is 1.76. The number of carbonyl (C=O) groups excluding carboxylic acids is 1. The molecule has 1 saturated carbocycles. The Morgan fingerprint density at radius 1 is 1.27 bits per heavy atom. The number of piperidine rings is 1. The third-order valence-electron chi connectivity index (χ3n) is 3.94. The quantitative estimate of drug-likeness (QED) is 0.633. The number of hydrogen-bond acceptors (Lipinski definition) is 1. The minimum Gasteiger partial charge on any atom is -0.341 e. The second-order valence-electron chi connectivity index (χ2n) is 4.99. The normalized spacial score (nSPS) is 33.3. The number of hydrogen-bond donors (Lipinski definition) is 0. The minimum atomic E-state index is -0.356. The first kappa shape index (κ1) is 11.3. The molecule has 3 heteroatoms. The van der Waals surface area contributed by atoms with Gasteiger partial charge in [0.15, 0.2) is 0 Å². The molecule has 0 aromatic carbocycles. The van der Waals surface area contributed by atoms with Crippen molar-refractivity contribution in [3.63, 3.8) is 0 Å². The molecule has 1 aliphatic carbocycles. The number of nitrogens with zero attached hydrogens (tertiary/aromatic N) is 1. The monoisotopic (exact) mass is 229 g/mol. The van der Waals surface area contributed by atoms with Crippen LogP contribution in [-0.4, -0.2) is 29.3 Å². The zero-order chi connectivity index (χ0) is 10.8. The van der Waals surface area contributed by atoms with E-state index in [-0.39, 0.29) is 11.3 Å². The smallest absolute Gasteiger partial charge is 0.240 e. The van der Waals surface area contributed by atoms with Crippen LogP contribution in [0.15, 0.2) is 0 Å². The molecule has 2 rings (SSSR count). The van der Waals surface area contributed by atoms with Crippen molar-refractivity contribution < 1.29 is 4.79 Å². The van der Waals surface area contributed by atoms with E-state index in [1.807, 2.05) is 4.90 Å². The van der Waals surface area contributed by atoms with Gasteiger partial charge in [0.05, 0.1) is 0 Å². The van der Waals surface area contributed by atoms with Crippen molar-refractivity contribution in [3.05, 3.63) is 0 Å². The summed E-state index contributed by atoms with van der Waals surface area (Å²) in [6.07, 6.45) is 6.62. The van der Waals surface area contributed by atoms with Crippen LogP contribution < -0.4 is 0 Å². The highest BCUT2D eigenvalue weighted by Gasteiger charge is 2.33. The molecule has 2 fully saturated rings. The van der Waals surface area contributed by atoms with Crippen LogP contribution in [0.25, 0.3) is 0 Å². The summed E-state index contributed by atoms with van der Waals surface area (Å²) in [5, 5.41) is -0.356. The van der Waals surface area contributed by atoms with Crippen molar-refractivity contribution in [2.75, 3.05) is 13.1 Å². The summed E-state index contributed by atoms with van der Waals surface area (Å²) in [6.45, 7) is 3.66. The van der Waals surface area contributed by atoms with Crippen molar-refractivity contribution >= 4 is 17.5 Å². The minimum absolute atomic E-state index is 0.126. The van der Waals surface area contributed by atoms with Gasteiger partial charge in [-0.15, -0.1) is 11.6 Å². The Balaban J connectivity index is 1.93. The maximum absolute atomic E-state index is 11.8. The lowest BCUT2D eigenvalue weighted by Gasteiger charge is -2.41. The van der Waals surface area contributed by atoms with Crippen LogP contribution in [0, 0.1) is 11.8 Å². The van der Waals surface area contributed by atoms with Crippen LogP contribution in [0.5, 0.6) is 0 Å². The highest BCUT2D eigenvalue weighted by Crippen LogP contribution is 2.36. The lowest BCUT2D eigenvalue weighted by atomic mass is 9.75. The molecule has 1 saturated heterocycles. The van der Waals surface area contributed by atoms with Gasteiger partial charge in [-0.2, -0.15) is 0 Å². The van der Waals surface area contributed by atoms with E-state index in [1.54, 1.807) is 6.92 Å². The standard InChI is InChI=1S/C12H20ClNO/c1-9(13)12(15)14-7-6-10-4-2-3-5-11(10)8-14/h9-11H,2-8H2,1H3. The second kappa shape index (κ2) is 4.73. The Hall–Kier alpha value is -0.240. The molecule has 0 aromatic rings. The van der Waals surface area contributed by atoms with Gasteiger partial charge in [-0.1, -0.05) is 19.3 Å². The van der Waals surface area contributed by atoms with Gasteiger partial charge in [-0.05, 0) is 31.6 Å². The Labute approximate surface area is 97.0 Å². The Kier molecular flexibility index (Phi) is 3.55. The fraction of sp³-hybridized carbons (Fsp3) is 0.917. The molecular weight excluding hydrogens is 210 g/mol. The van der Waals surface area contributed by atoms with E-state index in [2.05, 4.69) is 0 Å². The summed E-state index contributed by atoms with van der Waals surface area (Å²) in [6, 6.07) is 0. The van der Waals surface area contributed by atoms with Crippen LogP contribution >= 0.6 is 11.6 Å². The van der Waals surface area contributed by atoms with Crippen LogP contribution in [-0.2, 0) is 4.79 Å². The molecule has 2 aliphatic rings. The van der Waals surface area contributed by atoms with E-state index >= 15 is 0 Å². The maximum Gasteiger partial charge on any atom is 0.240 e. The second-order valence-corrected chi connectivity index (χ2v) is 5.65. The van der Waals surface area contributed by atoms with Crippen molar-refractivity contribution in [1.82, 2.24) is 4.90 Å².